The molecule has 3 aromatic rings. The van der Waals surface area contributed by atoms with Crippen molar-refractivity contribution in [2.45, 2.75) is 44.2 Å². The Morgan fingerprint density at radius 2 is 2.11 bits per heavy atom. The second kappa shape index (κ2) is 6.22. The van der Waals surface area contributed by atoms with Gasteiger partial charge in [-0.1, -0.05) is 0 Å². The smallest absolute Gasteiger partial charge is 0.341 e. The molecule has 0 saturated heterocycles. The Morgan fingerprint density at radius 3 is 2.79 bits per heavy atom. The van der Waals surface area contributed by atoms with Crippen LogP contribution in [0.15, 0.2) is 23.1 Å². The average Bonchev–Trinajstić information content (AvgIpc) is 3.40. The fourth-order valence-corrected chi connectivity index (χ4v) is 5.15. The molecule has 0 spiro atoms. The first-order valence-electron chi connectivity index (χ1n) is 9.31. The van der Waals surface area contributed by atoms with Gasteiger partial charge in [0.25, 0.3) is 0 Å². The highest BCUT2D eigenvalue weighted by molar-refractivity contribution is 7.15. The molecule has 0 radical (unpaired) electrons. The highest BCUT2D eigenvalue weighted by Crippen LogP contribution is 2.41. The van der Waals surface area contributed by atoms with Crippen LogP contribution in [0.4, 0.5) is 4.39 Å². The first-order valence-corrected chi connectivity index (χ1v) is 10.1. The van der Waals surface area contributed by atoms with Crippen LogP contribution < -0.4 is 11.2 Å². The number of thiophene rings is 1. The third kappa shape index (κ3) is 2.67. The molecule has 8 heteroatoms. The van der Waals surface area contributed by atoms with E-state index in [1.165, 1.54) is 17.5 Å². The lowest BCUT2D eigenvalue weighted by Gasteiger charge is -2.17. The first kappa shape index (κ1) is 17.5. The Kier molecular flexibility index (Phi) is 3.89. The van der Waals surface area contributed by atoms with Crippen LogP contribution in [-0.4, -0.2) is 20.6 Å². The van der Waals surface area contributed by atoms with Crippen molar-refractivity contribution in [2.75, 3.05) is 0 Å². The number of carboxylic acids is 1. The van der Waals surface area contributed by atoms with Crippen molar-refractivity contribution >= 4 is 28.3 Å². The molecule has 144 valence electrons. The monoisotopic (exact) mass is 399 g/mol. The zero-order valence-corrected chi connectivity index (χ0v) is 15.8. The number of hydrogen-bond acceptors (Lipinski definition) is 5. The third-order valence-corrected chi connectivity index (χ3v) is 6.82. The minimum Gasteiger partial charge on any atom is -0.477 e. The Labute approximate surface area is 163 Å². The molecule has 0 aromatic carbocycles. The molecule has 2 aliphatic rings. The molecule has 3 aromatic heterocycles. The van der Waals surface area contributed by atoms with Gasteiger partial charge in [0.05, 0.1) is 10.3 Å². The minimum absolute atomic E-state index is 0.00562. The van der Waals surface area contributed by atoms with Gasteiger partial charge in [-0.25, -0.2) is 14.2 Å². The summed E-state index contributed by atoms with van der Waals surface area (Å²) in [4.78, 5) is 30.3. The van der Waals surface area contributed by atoms with Gasteiger partial charge in [0.1, 0.15) is 16.9 Å². The molecule has 28 heavy (non-hydrogen) atoms. The normalized spacial score (nSPS) is 19.0. The van der Waals surface area contributed by atoms with Crippen LogP contribution in [0.2, 0.25) is 0 Å². The Morgan fingerprint density at radius 1 is 1.32 bits per heavy atom. The lowest BCUT2D eigenvalue weighted by molar-refractivity contribution is 0.0695. The van der Waals surface area contributed by atoms with Crippen molar-refractivity contribution in [3.05, 3.63) is 50.4 Å². The maximum Gasteiger partial charge on any atom is 0.341 e. The van der Waals surface area contributed by atoms with Gasteiger partial charge < -0.3 is 15.4 Å². The first-order chi connectivity index (χ1) is 13.4. The van der Waals surface area contributed by atoms with Crippen LogP contribution in [0.5, 0.6) is 0 Å². The van der Waals surface area contributed by atoms with Gasteiger partial charge in [0, 0.05) is 23.2 Å². The second-order valence-corrected chi connectivity index (χ2v) is 8.59. The van der Waals surface area contributed by atoms with Crippen molar-refractivity contribution in [2.24, 2.45) is 5.73 Å². The van der Waals surface area contributed by atoms with Gasteiger partial charge in [0.2, 0.25) is 5.43 Å². The lowest BCUT2D eigenvalue weighted by atomic mass is 9.95. The second-order valence-electron chi connectivity index (χ2n) is 7.50. The fraction of sp³-hybridized carbons (Fsp3) is 0.350. The topological polar surface area (TPSA) is 98.2 Å². The van der Waals surface area contributed by atoms with Gasteiger partial charge in [-0.05, 0) is 49.8 Å². The van der Waals surface area contributed by atoms with Gasteiger partial charge >= 0.3 is 5.97 Å². The predicted molar refractivity (Wildman–Crippen MR) is 104 cm³/mol. The van der Waals surface area contributed by atoms with E-state index in [4.69, 9.17) is 5.73 Å². The molecular weight excluding hydrogens is 381 g/mol. The maximum absolute atomic E-state index is 14.9. The van der Waals surface area contributed by atoms with Crippen LogP contribution in [0.3, 0.4) is 0 Å². The molecular formula is C20H18FN3O3S. The molecule has 1 unspecified atom stereocenters. The SMILES string of the molecule is NC1CCCc2cc(-c3nc4c(cc3F)c(=O)c(C(=O)O)cn4C3CC3)sc21. The summed E-state index contributed by atoms with van der Waals surface area (Å²) in [6, 6.07) is 3.14. The van der Waals surface area contributed by atoms with E-state index in [-0.39, 0.29) is 28.7 Å². The highest BCUT2D eigenvalue weighted by Gasteiger charge is 2.29. The Balaban J connectivity index is 1.75. The van der Waals surface area contributed by atoms with Crippen LogP contribution in [-0.2, 0) is 6.42 Å². The summed E-state index contributed by atoms with van der Waals surface area (Å²) in [5.74, 6) is -1.94. The number of aromatic nitrogens is 2. The number of hydrogen-bond donors (Lipinski definition) is 2. The molecule has 2 aliphatic carbocycles. The van der Waals surface area contributed by atoms with Gasteiger partial charge in [0.15, 0.2) is 5.82 Å². The van der Waals surface area contributed by atoms with E-state index in [0.717, 1.165) is 48.6 Å². The van der Waals surface area contributed by atoms with Crippen molar-refractivity contribution < 1.29 is 14.3 Å². The lowest BCUT2D eigenvalue weighted by Crippen LogP contribution is -2.19. The summed E-state index contributed by atoms with van der Waals surface area (Å²) in [5.41, 5.74) is 6.81. The summed E-state index contributed by atoms with van der Waals surface area (Å²) in [6.07, 6.45) is 5.95. The molecule has 0 amide bonds. The summed E-state index contributed by atoms with van der Waals surface area (Å²) >= 11 is 1.45. The molecule has 1 fully saturated rings. The van der Waals surface area contributed by atoms with Crippen molar-refractivity contribution in [3.8, 4) is 10.6 Å². The van der Waals surface area contributed by atoms with E-state index in [9.17, 15) is 19.1 Å². The predicted octanol–water partition coefficient (Wildman–Crippen LogP) is 3.63. The van der Waals surface area contributed by atoms with Crippen LogP contribution >= 0.6 is 11.3 Å². The summed E-state index contributed by atoms with van der Waals surface area (Å²) in [6.45, 7) is 0. The number of carbonyl (C=O) groups is 1. The molecule has 1 atom stereocenters. The fourth-order valence-electron chi connectivity index (χ4n) is 3.92. The number of aromatic carboxylic acids is 1. The van der Waals surface area contributed by atoms with E-state index >= 15 is 0 Å². The zero-order chi connectivity index (χ0) is 19.6. The Hall–Kier alpha value is -2.58. The molecule has 1 saturated carbocycles. The maximum atomic E-state index is 14.9. The molecule has 0 bridgehead atoms. The van der Waals surface area contributed by atoms with Crippen molar-refractivity contribution in [1.82, 2.24) is 9.55 Å². The number of nitrogens with zero attached hydrogens (tertiary/aromatic N) is 2. The number of halogens is 1. The van der Waals surface area contributed by atoms with E-state index < -0.39 is 17.2 Å². The molecule has 5 rings (SSSR count). The number of carboxylic acid groups (broad SMARTS) is 1. The van der Waals surface area contributed by atoms with Crippen molar-refractivity contribution in [3.63, 3.8) is 0 Å². The van der Waals surface area contributed by atoms with E-state index in [1.807, 2.05) is 6.07 Å². The van der Waals surface area contributed by atoms with Crippen molar-refractivity contribution in [1.29, 1.82) is 0 Å². The van der Waals surface area contributed by atoms with E-state index in [2.05, 4.69) is 4.98 Å². The largest absolute Gasteiger partial charge is 0.477 e. The summed E-state index contributed by atoms with van der Waals surface area (Å²) in [5, 5.41) is 9.34. The van der Waals surface area contributed by atoms with Gasteiger partial charge in [-0.2, -0.15) is 0 Å². The zero-order valence-electron chi connectivity index (χ0n) is 14.9. The van der Waals surface area contributed by atoms with E-state index in [1.54, 1.807) is 4.57 Å². The van der Waals surface area contributed by atoms with Gasteiger partial charge in [-0.15, -0.1) is 11.3 Å². The molecule has 3 heterocycles. The number of aryl methyl sites for hydroxylation is 1. The van der Waals surface area contributed by atoms with E-state index in [0.29, 0.717) is 10.5 Å². The standard InChI is InChI=1S/C20H18FN3O3S/c21-13-7-11-17(25)12(20(26)27)8-24(10-4-5-10)19(11)23-16(13)15-6-9-2-1-3-14(22)18(9)28-15/h6-8,10,14H,1-5,22H2,(H,26,27). The highest BCUT2D eigenvalue weighted by atomic mass is 32.1. The Bertz CT molecular complexity index is 1200. The number of rotatable bonds is 3. The van der Waals surface area contributed by atoms with Crippen LogP contribution in [0.25, 0.3) is 21.6 Å². The molecule has 0 aliphatic heterocycles. The average molecular weight is 399 g/mol. The summed E-state index contributed by atoms with van der Waals surface area (Å²) in [7, 11) is 0. The quantitative estimate of drug-likeness (QED) is 0.701. The number of nitrogens with two attached hydrogens (primary N) is 1. The third-order valence-electron chi connectivity index (χ3n) is 5.50. The minimum atomic E-state index is -1.31. The van der Waals surface area contributed by atoms with Crippen LogP contribution in [0, 0.1) is 5.82 Å². The van der Waals surface area contributed by atoms with Crippen LogP contribution in [0.1, 0.15) is 58.6 Å². The van der Waals surface area contributed by atoms with Gasteiger partial charge in [-0.3, -0.25) is 4.79 Å². The summed E-state index contributed by atoms with van der Waals surface area (Å²) < 4.78 is 16.7. The molecule has 3 N–H and O–H groups in total. The number of pyridine rings is 2. The number of fused-ring (bicyclic) bond motifs is 2. The molecule has 6 nitrogen and oxygen atoms in total.